The first kappa shape index (κ1) is 10.4. The third kappa shape index (κ3) is 2.89. The Morgan fingerprint density at radius 2 is 2.40 bits per heavy atom. The van der Waals surface area contributed by atoms with E-state index < -0.39 is 0 Å². The van der Waals surface area contributed by atoms with Crippen molar-refractivity contribution in [1.82, 2.24) is 9.97 Å². The van der Waals surface area contributed by atoms with Gasteiger partial charge in [-0.3, -0.25) is 0 Å². The number of nitrogens with one attached hydrogen (secondary N) is 1. The Balaban J connectivity index is 1.96. The van der Waals surface area contributed by atoms with E-state index in [0.29, 0.717) is 12.1 Å². The number of aryl methyl sites for hydroxylation is 1. The molecule has 1 aliphatic heterocycles. The first-order valence-electron chi connectivity index (χ1n) is 5.42. The molecule has 0 bridgehead atoms. The van der Waals surface area contributed by atoms with Gasteiger partial charge in [0.25, 0.3) is 0 Å². The number of anilines is 1. The van der Waals surface area contributed by atoms with Gasteiger partial charge in [0.2, 0.25) is 0 Å². The second-order valence-corrected chi connectivity index (χ2v) is 4.04. The second-order valence-electron chi connectivity index (χ2n) is 4.04. The monoisotopic (exact) mass is 207 g/mol. The van der Waals surface area contributed by atoms with Gasteiger partial charge >= 0.3 is 0 Å². The van der Waals surface area contributed by atoms with E-state index >= 15 is 0 Å². The number of rotatable bonds is 2. The maximum absolute atomic E-state index is 5.50. The minimum absolute atomic E-state index is 0.346. The first-order chi connectivity index (χ1) is 7.24. The van der Waals surface area contributed by atoms with E-state index in [0.717, 1.165) is 31.1 Å². The molecule has 1 aromatic rings. The smallest absolute Gasteiger partial charge is 0.129 e. The number of ether oxygens (including phenoxy) is 1. The van der Waals surface area contributed by atoms with E-state index in [1.54, 1.807) is 6.20 Å². The van der Waals surface area contributed by atoms with Crippen molar-refractivity contribution in [2.45, 2.75) is 38.8 Å². The summed E-state index contributed by atoms with van der Waals surface area (Å²) in [5.41, 5.74) is 0. The Bertz CT molecular complexity index is 329. The molecule has 1 N–H and O–H groups in total. The lowest BCUT2D eigenvalue weighted by atomic mass is 10.0. The van der Waals surface area contributed by atoms with Gasteiger partial charge in [-0.2, -0.15) is 0 Å². The Morgan fingerprint density at radius 1 is 1.53 bits per heavy atom. The van der Waals surface area contributed by atoms with Crippen molar-refractivity contribution in [3.05, 3.63) is 18.1 Å². The molecule has 1 aliphatic rings. The normalized spacial score (nSPS) is 26.3. The lowest BCUT2D eigenvalue weighted by molar-refractivity contribution is 0.0232. The third-order valence-corrected chi connectivity index (χ3v) is 2.61. The summed E-state index contributed by atoms with van der Waals surface area (Å²) in [4.78, 5) is 8.40. The zero-order valence-electron chi connectivity index (χ0n) is 9.23. The van der Waals surface area contributed by atoms with Crippen molar-refractivity contribution >= 4 is 5.82 Å². The maximum Gasteiger partial charge on any atom is 0.129 e. The molecule has 0 amide bonds. The summed E-state index contributed by atoms with van der Waals surface area (Å²) in [6, 6.07) is 2.38. The van der Waals surface area contributed by atoms with Crippen molar-refractivity contribution in [3.63, 3.8) is 0 Å². The fourth-order valence-corrected chi connectivity index (χ4v) is 1.87. The fourth-order valence-electron chi connectivity index (χ4n) is 1.87. The topological polar surface area (TPSA) is 47.0 Å². The highest BCUT2D eigenvalue weighted by atomic mass is 16.5. The van der Waals surface area contributed by atoms with Crippen LogP contribution >= 0.6 is 0 Å². The standard InChI is InChI=1S/C11H17N3O/c1-8-7-10(4-6-15-8)14-11-3-5-12-9(2)13-11/h3,5,8,10H,4,6-7H2,1-2H3,(H,12,13,14). The van der Waals surface area contributed by atoms with E-state index in [-0.39, 0.29) is 0 Å². The number of hydrogen-bond donors (Lipinski definition) is 1. The van der Waals surface area contributed by atoms with Gasteiger partial charge in [-0.25, -0.2) is 9.97 Å². The lowest BCUT2D eigenvalue weighted by Gasteiger charge is -2.28. The molecule has 0 spiro atoms. The van der Waals surface area contributed by atoms with E-state index in [2.05, 4.69) is 22.2 Å². The minimum atomic E-state index is 0.346. The largest absolute Gasteiger partial charge is 0.378 e. The van der Waals surface area contributed by atoms with Crippen molar-refractivity contribution in [1.29, 1.82) is 0 Å². The van der Waals surface area contributed by atoms with E-state index in [4.69, 9.17) is 4.74 Å². The molecule has 0 radical (unpaired) electrons. The fraction of sp³-hybridized carbons (Fsp3) is 0.636. The van der Waals surface area contributed by atoms with Gasteiger partial charge in [-0.15, -0.1) is 0 Å². The van der Waals surface area contributed by atoms with Crippen LogP contribution < -0.4 is 5.32 Å². The number of aromatic nitrogens is 2. The van der Waals surface area contributed by atoms with Gasteiger partial charge in [0.15, 0.2) is 0 Å². The van der Waals surface area contributed by atoms with Gasteiger partial charge in [0.1, 0.15) is 11.6 Å². The first-order valence-corrected chi connectivity index (χ1v) is 5.42. The van der Waals surface area contributed by atoms with Crippen molar-refractivity contribution in [2.24, 2.45) is 0 Å². The molecule has 0 aliphatic carbocycles. The molecule has 4 heteroatoms. The van der Waals surface area contributed by atoms with Gasteiger partial charge in [-0.05, 0) is 32.8 Å². The maximum atomic E-state index is 5.50. The molecule has 1 fully saturated rings. The molecule has 1 aromatic heterocycles. The SMILES string of the molecule is Cc1nccc(NC2CCOC(C)C2)n1. The molecule has 2 atom stereocenters. The van der Waals surface area contributed by atoms with E-state index in [1.165, 1.54) is 0 Å². The Kier molecular flexibility index (Phi) is 3.16. The van der Waals surface area contributed by atoms with Crippen molar-refractivity contribution < 1.29 is 4.74 Å². The summed E-state index contributed by atoms with van der Waals surface area (Å²) in [5, 5.41) is 3.42. The van der Waals surface area contributed by atoms with E-state index in [9.17, 15) is 0 Å². The summed E-state index contributed by atoms with van der Waals surface area (Å²) in [6.07, 6.45) is 4.23. The predicted molar refractivity (Wildman–Crippen MR) is 58.8 cm³/mol. The van der Waals surface area contributed by atoms with Crippen LogP contribution in [0.3, 0.4) is 0 Å². The highest BCUT2D eigenvalue weighted by molar-refractivity contribution is 5.34. The molecule has 0 aromatic carbocycles. The van der Waals surface area contributed by atoms with Crippen LogP contribution in [0.5, 0.6) is 0 Å². The van der Waals surface area contributed by atoms with Crippen molar-refractivity contribution in [3.8, 4) is 0 Å². The lowest BCUT2D eigenvalue weighted by Crippen LogP contribution is -2.32. The van der Waals surface area contributed by atoms with Crippen LogP contribution in [0.1, 0.15) is 25.6 Å². The quantitative estimate of drug-likeness (QED) is 0.802. The second kappa shape index (κ2) is 4.57. The molecule has 1 saturated heterocycles. The Morgan fingerprint density at radius 3 is 3.13 bits per heavy atom. The third-order valence-electron chi connectivity index (χ3n) is 2.61. The predicted octanol–water partition coefficient (Wildman–Crippen LogP) is 1.76. The molecule has 15 heavy (non-hydrogen) atoms. The van der Waals surface area contributed by atoms with Crippen molar-refractivity contribution in [2.75, 3.05) is 11.9 Å². The van der Waals surface area contributed by atoms with Crippen LogP contribution in [-0.2, 0) is 4.74 Å². The molecule has 2 heterocycles. The average molecular weight is 207 g/mol. The summed E-state index contributed by atoms with van der Waals surface area (Å²) >= 11 is 0. The van der Waals surface area contributed by atoms with Crippen LogP contribution in [0.4, 0.5) is 5.82 Å². The molecule has 82 valence electrons. The number of hydrogen-bond acceptors (Lipinski definition) is 4. The highest BCUT2D eigenvalue weighted by Gasteiger charge is 2.19. The van der Waals surface area contributed by atoms with Gasteiger partial charge in [0.05, 0.1) is 6.10 Å². The van der Waals surface area contributed by atoms with Crippen LogP contribution in [0.2, 0.25) is 0 Å². The molecule has 0 saturated carbocycles. The Hall–Kier alpha value is -1.16. The molecule has 2 rings (SSSR count). The average Bonchev–Trinajstić information content (AvgIpc) is 2.17. The minimum Gasteiger partial charge on any atom is -0.378 e. The Labute approximate surface area is 90.1 Å². The summed E-state index contributed by atoms with van der Waals surface area (Å²) in [5.74, 6) is 1.72. The molecular weight excluding hydrogens is 190 g/mol. The highest BCUT2D eigenvalue weighted by Crippen LogP contribution is 2.17. The summed E-state index contributed by atoms with van der Waals surface area (Å²) in [7, 11) is 0. The number of nitrogens with zero attached hydrogens (tertiary/aromatic N) is 2. The van der Waals surface area contributed by atoms with E-state index in [1.807, 2.05) is 13.0 Å². The molecular formula is C11H17N3O. The molecule has 4 nitrogen and oxygen atoms in total. The van der Waals surface area contributed by atoms with Gasteiger partial charge in [0, 0.05) is 18.8 Å². The van der Waals surface area contributed by atoms with Crippen LogP contribution in [0.15, 0.2) is 12.3 Å². The zero-order chi connectivity index (χ0) is 10.7. The van der Waals surface area contributed by atoms with Crippen LogP contribution in [0.25, 0.3) is 0 Å². The van der Waals surface area contributed by atoms with Crippen LogP contribution in [-0.4, -0.2) is 28.7 Å². The van der Waals surface area contributed by atoms with Crippen LogP contribution in [0, 0.1) is 6.92 Å². The van der Waals surface area contributed by atoms with Gasteiger partial charge < -0.3 is 10.1 Å². The molecule has 2 unspecified atom stereocenters. The van der Waals surface area contributed by atoms with Gasteiger partial charge in [-0.1, -0.05) is 0 Å². The summed E-state index contributed by atoms with van der Waals surface area (Å²) in [6.45, 7) is 4.85. The zero-order valence-corrected chi connectivity index (χ0v) is 9.23. The summed E-state index contributed by atoms with van der Waals surface area (Å²) < 4.78 is 5.50.